The molecule has 20 nitrogen and oxygen atoms in total. The third-order valence-electron chi connectivity index (χ3n) is 16.2. The van der Waals surface area contributed by atoms with Gasteiger partial charge in [-0.15, -0.1) is 0 Å². The van der Waals surface area contributed by atoms with Crippen molar-refractivity contribution < 1.29 is 57.1 Å². The molecule has 0 amide bonds. The van der Waals surface area contributed by atoms with Gasteiger partial charge < -0.3 is 79.0 Å². The first-order valence-electron chi connectivity index (χ1n) is 28.1. The molecule has 4 atom stereocenters. The van der Waals surface area contributed by atoms with Crippen LogP contribution >= 0.6 is 0 Å². The molecule has 0 aromatic rings. The molecule has 0 aliphatic carbocycles. The molecule has 0 aromatic carbocycles. The zero-order chi connectivity index (χ0) is 58.7. The molecule has 448 valence electrons. The third-order valence-corrected chi connectivity index (χ3v) is 16.2. The van der Waals surface area contributed by atoms with Gasteiger partial charge in [-0.3, -0.25) is 19.2 Å². The molecule has 0 N–H and O–H groups in total. The smallest absolute Gasteiger partial charge is 0.308 e. The fourth-order valence-electron chi connectivity index (χ4n) is 13.9. The Bertz CT molecular complexity index is 1640. The van der Waals surface area contributed by atoms with Gasteiger partial charge in [-0.1, -0.05) is 0 Å². The molecule has 4 unspecified atom stereocenters. The largest absolute Gasteiger partial charge is 0.784 e. The quantitative estimate of drug-likeness (QED) is 0.0495. The minimum absolute atomic E-state index is 0.0600. The normalized spacial score (nSPS) is 26.4. The lowest BCUT2D eigenvalue weighted by Crippen LogP contribution is -2.57. The van der Waals surface area contributed by atoms with Crippen molar-refractivity contribution in [1.29, 1.82) is 0 Å². The van der Waals surface area contributed by atoms with Gasteiger partial charge in [0.15, 0.2) is 25.2 Å². The second-order valence-corrected chi connectivity index (χ2v) is 28.6. The van der Waals surface area contributed by atoms with Crippen molar-refractivity contribution in [1.82, 2.24) is 20.3 Å². The van der Waals surface area contributed by atoms with E-state index in [-0.39, 0.29) is 75.8 Å². The fourth-order valence-corrected chi connectivity index (χ4v) is 13.9. The molecule has 4 aliphatic rings. The highest BCUT2D eigenvalue weighted by atomic mass is 16.7. The number of esters is 4. The standard InChI is InChI=1S/C57H100N4O16/c1-37(74-45(62)21-41-25-49(5,6)58(66)50(7,8)26-41)70-33-57(34-71-38(2)75-46(63)22-42-27-51(9,10)59(67)52(11,12)28-42,35-72-39(3)76-47(64)23-43-29-53(13,14)60(68)54(15,16)30-43)36-73-40(4)77-48(65)24-44-31-55(17,18)61(69)56(19,20)32-44/h37-44H,21-36H2,1-20H3/q-4. The van der Waals surface area contributed by atoms with Crippen LogP contribution in [0.3, 0.4) is 0 Å². The van der Waals surface area contributed by atoms with Gasteiger partial charge in [0.05, 0.1) is 31.8 Å². The van der Waals surface area contributed by atoms with Crippen LogP contribution in [-0.2, 0) is 57.1 Å². The summed E-state index contributed by atoms with van der Waals surface area (Å²) in [6, 6.07) is 0. The second-order valence-electron chi connectivity index (χ2n) is 28.6. The first-order chi connectivity index (χ1) is 34.9. The van der Waals surface area contributed by atoms with Gasteiger partial charge in [0.2, 0.25) is 0 Å². The van der Waals surface area contributed by atoms with Crippen molar-refractivity contribution in [2.75, 3.05) is 26.4 Å². The van der Waals surface area contributed by atoms with E-state index >= 15 is 0 Å². The summed E-state index contributed by atoms with van der Waals surface area (Å²) >= 11 is 0. The average Bonchev–Trinajstić information content (AvgIpc) is 3.24. The lowest BCUT2D eigenvalue weighted by Gasteiger charge is -2.60. The highest BCUT2D eigenvalue weighted by Gasteiger charge is 2.45. The molecule has 4 heterocycles. The molecule has 0 bridgehead atoms. The number of piperidine rings is 4. The number of hydrogen-bond acceptors (Lipinski definition) is 20. The molecular weight excluding hydrogens is 997 g/mol. The topological polar surface area (TPSA) is 247 Å². The first-order valence-corrected chi connectivity index (χ1v) is 28.1. The highest BCUT2D eigenvalue weighted by Crippen LogP contribution is 2.46. The maximum absolute atomic E-state index is 13.5. The van der Waals surface area contributed by atoms with Crippen LogP contribution in [0.4, 0.5) is 0 Å². The van der Waals surface area contributed by atoms with E-state index < -0.39 is 98.8 Å². The van der Waals surface area contributed by atoms with Crippen LogP contribution in [0, 0.1) is 49.9 Å². The molecule has 77 heavy (non-hydrogen) atoms. The van der Waals surface area contributed by atoms with Crippen molar-refractivity contribution >= 4 is 23.9 Å². The van der Waals surface area contributed by atoms with Gasteiger partial charge in [-0.2, -0.15) is 0 Å². The molecule has 0 saturated carbocycles. The number of hydroxylamine groups is 8. The van der Waals surface area contributed by atoms with Gasteiger partial charge in [0.25, 0.3) is 0 Å². The lowest BCUT2D eigenvalue weighted by molar-refractivity contribution is -0.232. The molecule has 4 aliphatic heterocycles. The third kappa shape index (κ3) is 18.7. The maximum Gasteiger partial charge on any atom is 0.308 e. The molecule has 4 saturated heterocycles. The van der Waals surface area contributed by atoms with Crippen molar-refractivity contribution in [3.63, 3.8) is 0 Å². The number of hydrogen-bond donors (Lipinski definition) is 0. The number of carbonyl (C=O) groups excluding carboxylic acids is 4. The number of ether oxygens (including phenoxy) is 8. The Hall–Kier alpha value is -2.60. The van der Waals surface area contributed by atoms with Crippen LogP contribution < -0.4 is 0 Å². The van der Waals surface area contributed by atoms with Gasteiger partial charge in [-0.25, -0.2) is 0 Å². The van der Waals surface area contributed by atoms with Crippen LogP contribution in [0.25, 0.3) is 0 Å². The Labute approximate surface area is 461 Å². The van der Waals surface area contributed by atoms with Gasteiger partial charge in [0, 0.05) is 70.0 Å². The van der Waals surface area contributed by atoms with Crippen molar-refractivity contribution in [2.24, 2.45) is 29.1 Å². The van der Waals surface area contributed by atoms with E-state index in [1.54, 1.807) is 27.7 Å². The van der Waals surface area contributed by atoms with Crippen molar-refractivity contribution in [3.8, 4) is 0 Å². The van der Waals surface area contributed by atoms with E-state index in [1.165, 1.54) is 0 Å². The number of nitrogens with zero attached hydrogens (tertiary/aromatic N) is 4. The van der Waals surface area contributed by atoms with E-state index in [4.69, 9.17) is 37.9 Å². The Balaban J connectivity index is 1.56. The molecule has 4 fully saturated rings. The van der Waals surface area contributed by atoms with Gasteiger partial charge >= 0.3 is 23.9 Å². The number of carbonyl (C=O) groups is 4. The Morgan fingerprint density at radius 1 is 0.351 bits per heavy atom. The first kappa shape index (κ1) is 66.9. The monoisotopic (exact) mass is 1100 g/mol. The molecule has 20 heteroatoms. The maximum atomic E-state index is 13.5. The summed E-state index contributed by atoms with van der Waals surface area (Å²) in [6.07, 6.45) is -0.252. The second kappa shape index (κ2) is 25.3. The molecular formula is C57H100N4O16-4. The summed E-state index contributed by atoms with van der Waals surface area (Å²) in [5, 5.41) is 56.6. The summed E-state index contributed by atoms with van der Waals surface area (Å²) < 4.78 is 48.5. The summed E-state index contributed by atoms with van der Waals surface area (Å²) in [5.74, 6) is -2.55. The minimum Gasteiger partial charge on any atom is -0.784 e. The molecule has 0 spiro atoms. The van der Waals surface area contributed by atoms with E-state index in [9.17, 15) is 40.0 Å². The van der Waals surface area contributed by atoms with Crippen LogP contribution in [-0.4, -0.2) is 140 Å². The van der Waals surface area contributed by atoms with Crippen LogP contribution in [0.1, 0.15) is 216 Å². The Morgan fingerprint density at radius 2 is 0.494 bits per heavy atom. The molecule has 4 rings (SSSR count). The Kier molecular flexibility index (Phi) is 22.0. The van der Waals surface area contributed by atoms with E-state index in [0.717, 1.165) is 20.3 Å². The van der Waals surface area contributed by atoms with Crippen LogP contribution in [0.2, 0.25) is 0 Å². The lowest BCUT2D eigenvalue weighted by atomic mass is 9.74. The van der Waals surface area contributed by atoms with E-state index in [0.29, 0.717) is 51.4 Å². The summed E-state index contributed by atoms with van der Waals surface area (Å²) in [5.41, 5.74) is -6.85. The molecule has 0 aromatic heterocycles. The Morgan fingerprint density at radius 3 is 0.636 bits per heavy atom. The zero-order valence-corrected chi connectivity index (χ0v) is 50.8. The van der Waals surface area contributed by atoms with E-state index in [1.807, 2.05) is 111 Å². The summed E-state index contributed by atoms with van der Waals surface area (Å²) in [6.45, 7) is 35.1. The predicted molar refractivity (Wildman–Crippen MR) is 291 cm³/mol. The van der Waals surface area contributed by atoms with Gasteiger partial charge in [-0.05, 0) is 214 Å². The van der Waals surface area contributed by atoms with Crippen LogP contribution in [0.5, 0.6) is 0 Å². The fraction of sp³-hybridized carbons (Fsp3) is 0.930. The zero-order valence-electron chi connectivity index (χ0n) is 50.8. The molecule has 0 radical (unpaired) electrons. The highest BCUT2D eigenvalue weighted by molar-refractivity contribution is 5.71. The average molecular weight is 1100 g/mol. The summed E-state index contributed by atoms with van der Waals surface area (Å²) in [7, 11) is 0. The van der Waals surface area contributed by atoms with Crippen molar-refractivity contribution in [3.05, 3.63) is 20.8 Å². The predicted octanol–water partition coefficient (Wildman–Crippen LogP) is 10.2. The summed E-state index contributed by atoms with van der Waals surface area (Å²) in [4.78, 5) is 54.1. The van der Waals surface area contributed by atoms with Gasteiger partial charge in [0.1, 0.15) is 0 Å². The van der Waals surface area contributed by atoms with Crippen LogP contribution in [0.15, 0.2) is 0 Å². The van der Waals surface area contributed by atoms with E-state index in [2.05, 4.69) is 0 Å². The number of rotatable bonds is 24. The minimum atomic E-state index is -1.35. The SMILES string of the molecule is CC(OCC(COC(C)OC(=O)CC1CC(C)(C)N([O-])C(C)(C)C1)(COC(C)OC(=O)CC1CC(C)(C)N([O-])C(C)(C)C1)COC(C)OC(=O)CC1CC(C)(C)N([O-])C(C)(C)C1)OC(=O)CC1CC(C)(C)N([O-])C(C)(C)C1. The van der Waals surface area contributed by atoms with Crippen molar-refractivity contribution in [2.45, 2.75) is 285 Å².